The standard InChI is InChI=1S/C13H8ClN3OS2/c14-11-2-1-10(20-11)13-17-9(7-19-13)12(18)16-8-3-5-15-6-4-8/h1-7H,(H,15,16,18). The van der Waals surface area contributed by atoms with E-state index in [4.69, 9.17) is 11.6 Å². The molecule has 20 heavy (non-hydrogen) atoms. The number of aromatic nitrogens is 2. The Morgan fingerprint density at radius 1 is 1.20 bits per heavy atom. The van der Waals surface area contributed by atoms with Crippen molar-refractivity contribution in [1.82, 2.24) is 9.97 Å². The molecule has 0 spiro atoms. The summed E-state index contributed by atoms with van der Waals surface area (Å²) < 4.78 is 0.706. The number of pyridine rings is 1. The van der Waals surface area contributed by atoms with Crippen molar-refractivity contribution in [2.24, 2.45) is 0 Å². The Kier molecular flexibility index (Phi) is 3.77. The highest BCUT2D eigenvalue weighted by Gasteiger charge is 2.13. The fourth-order valence-electron chi connectivity index (χ4n) is 1.55. The van der Waals surface area contributed by atoms with E-state index in [9.17, 15) is 4.79 Å². The third-order valence-corrected chi connectivity index (χ3v) is 4.70. The summed E-state index contributed by atoms with van der Waals surface area (Å²) in [5.41, 5.74) is 1.09. The quantitative estimate of drug-likeness (QED) is 0.787. The molecule has 3 rings (SSSR count). The van der Waals surface area contributed by atoms with Gasteiger partial charge in [-0.3, -0.25) is 9.78 Å². The van der Waals surface area contributed by atoms with Gasteiger partial charge in [-0.2, -0.15) is 0 Å². The first-order valence-electron chi connectivity index (χ1n) is 5.65. The largest absolute Gasteiger partial charge is 0.321 e. The zero-order valence-corrected chi connectivity index (χ0v) is 12.4. The predicted octanol–water partition coefficient (Wildman–Crippen LogP) is 4.17. The summed E-state index contributed by atoms with van der Waals surface area (Å²) in [5.74, 6) is -0.235. The number of carbonyl (C=O) groups excluding carboxylic acids is 1. The highest BCUT2D eigenvalue weighted by atomic mass is 35.5. The number of rotatable bonds is 3. The summed E-state index contributed by atoms with van der Waals surface area (Å²) in [6, 6.07) is 7.17. The summed E-state index contributed by atoms with van der Waals surface area (Å²) in [4.78, 5) is 21.2. The summed E-state index contributed by atoms with van der Waals surface area (Å²) in [5, 5.41) is 5.30. The van der Waals surface area contributed by atoms with Crippen molar-refractivity contribution in [3.8, 4) is 9.88 Å². The van der Waals surface area contributed by atoms with Gasteiger partial charge in [0.25, 0.3) is 5.91 Å². The fourth-order valence-corrected chi connectivity index (χ4v) is 3.47. The van der Waals surface area contributed by atoms with Gasteiger partial charge >= 0.3 is 0 Å². The lowest BCUT2D eigenvalue weighted by Crippen LogP contribution is -2.12. The molecular formula is C13H8ClN3OS2. The minimum atomic E-state index is -0.235. The molecule has 0 aromatic carbocycles. The highest BCUT2D eigenvalue weighted by Crippen LogP contribution is 2.32. The van der Waals surface area contributed by atoms with Crippen LogP contribution in [0.2, 0.25) is 4.34 Å². The van der Waals surface area contributed by atoms with Crippen LogP contribution < -0.4 is 5.32 Å². The second kappa shape index (κ2) is 5.70. The van der Waals surface area contributed by atoms with E-state index >= 15 is 0 Å². The Morgan fingerprint density at radius 2 is 2.00 bits per heavy atom. The number of nitrogens with one attached hydrogen (secondary N) is 1. The van der Waals surface area contributed by atoms with Gasteiger partial charge in [0.2, 0.25) is 0 Å². The van der Waals surface area contributed by atoms with Gasteiger partial charge in [0.05, 0.1) is 9.21 Å². The molecule has 3 aromatic heterocycles. The zero-order valence-electron chi connectivity index (χ0n) is 10.0. The SMILES string of the molecule is O=C(Nc1ccncc1)c1csc(-c2ccc(Cl)s2)n1. The monoisotopic (exact) mass is 321 g/mol. The van der Waals surface area contributed by atoms with Crippen molar-refractivity contribution < 1.29 is 4.79 Å². The molecule has 0 radical (unpaired) electrons. The number of thiazole rings is 1. The lowest BCUT2D eigenvalue weighted by molar-refractivity contribution is 0.102. The van der Waals surface area contributed by atoms with Crippen molar-refractivity contribution in [3.63, 3.8) is 0 Å². The van der Waals surface area contributed by atoms with Gasteiger partial charge in [0, 0.05) is 23.5 Å². The number of amides is 1. The average Bonchev–Trinajstić information content (AvgIpc) is 3.08. The van der Waals surface area contributed by atoms with Crippen LogP contribution in [-0.2, 0) is 0 Å². The molecule has 0 unspecified atom stereocenters. The number of carbonyl (C=O) groups is 1. The van der Waals surface area contributed by atoms with Gasteiger partial charge in [0.1, 0.15) is 10.7 Å². The molecule has 0 aliphatic rings. The summed E-state index contributed by atoms with van der Waals surface area (Å²) >= 11 is 8.76. The smallest absolute Gasteiger partial charge is 0.275 e. The summed E-state index contributed by atoms with van der Waals surface area (Å²) in [7, 11) is 0. The Balaban J connectivity index is 1.78. The molecule has 3 heterocycles. The minimum Gasteiger partial charge on any atom is -0.321 e. The number of thiophene rings is 1. The summed E-state index contributed by atoms with van der Waals surface area (Å²) in [6.45, 7) is 0. The van der Waals surface area contributed by atoms with Crippen LogP contribution in [0.3, 0.4) is 0 Å². The van der Waals surface area contributed by atoms with Gasteiger partial charge in [0.15, 0.2) is 0 Å². The molecule has 0 atom stereocenters. The van der Waals surface area contributed by atoms with Crippen molar-refractivity contribution in [2.45, 2.75) is 0 Å². The van der Waals surface area contributed by atoms with Crippen LogP contribution in [0.5, 0.6) is 0 Å². The van der Waals surface area contributed by atoms with Crippen LogP contribution in [-0.4, -0.2) is 15.9 Å². The molecule has 1 N–H and O–H groups in total. The number of hydrogen-bond acceptors (Lipinski definition) is 5. The molecule has 1 amide bonds. The van der Waals surface area contributed by atoms with Crippen LogP contribution >= 0.6 is 34.3 Å². The first kappa shape index (κ1) is 13.2. The molecule has 7 heteroatoms. The maximum Gasteiger partial charge on any atom is 0.275 e. The van der Waals surface area contributed by atoms with E-state index in [0.29, 0.717) is 15.7 Å². The first-order valence-corrected chi connectivity index (χ1v) is 7.72. The van der Waals surface area contributed by atoms with Crippen molar-refractivity contribution in [2.75, 3.05) is 5.32 Å². The van der Waals surface area contributed by atoms with E-state index < -0.39 is 0 Å². The molecular weight excluding hydrogens is 314 g/mol. The topological polar surface area (TPSA) is 54.9 Å². The lowest BCUT2D eigenvalue weighted by atomic mass is 10.3. The maximum atomic E-state index is 12.1. The third kappa shape index (κ3) is 2.87. The van der Waals surface area contributed by atoms with Crippen molar-refractivity contribution >= 4 is 45.9 Å². The molecule has 0 aliphatic carbocycles. The molecule has 0 saturated heterocycles. The van der Waals surface area contributed by atoms with E-state index in [1.54, 1.807) is 29.9 Å². The van der Waals surface area contributed by atoms with E-state index in [2.05, 4.69) is 15.3 Å². The number of anilines is 1. The normalized spacial score (nSPS) is 10.4. The average molecular weight is 322 g/mol. The van der Waals surface area contributed by atoms with Crippen LogP contribution in [0, 0.1) is 0 Å². The zero-order chi connectivity index (χ0) is 13.9. The number of nitrogens with zero attached hydrogens (tertiary/aromatic N) is 2. The summed E-state index contributed by atoms with van der Waals surface area (Å²) in [6.07, 6.45) is 3.24. The molecule has 0 bridgehead atoms. The Bertz CT molecular complexity index is 739. The highest BCUT2D eigenvalue weighted by molar-refractivity contribution is 7.23. The van der Waals surface area contributed by atoms with Crippen LogP contribution in [0.15, 0.2) is 42.0 Å². The number of halogens is 1. The molecule has 0 fully saturated rings. The van der Waals surface area contributed by atoms with Crippen molar-refractivity contribution in [3.05, 3.63) is 52.1 Å². The molecule has 4 nitrogen and oxygen atoms in total. The van der Waals surface area contributed by atoms with Gasteiger partial charge in [-0.15, -0.1) is 22.7 Å². The first-order chi connectivity index (χ1) is 9.72. The van der Waals surface area contributed by atoms with Gasteiger partial charge in [-0.1, -0.05) is 11.6 Å². The second-order valence-corrected chi connectivity index (χ2v) is 6.40. The molecule has 100 valence electrons. The molecule has 0 aliphatic heterocycles. The Morgan fingerprint density at radius 3 is 2.70 bits per heavy atom. The van der Waals surface area contributed by atoms with E-state index in [0.717, 1.165) is 9.88 Å². The van der Waals surface area contributed by atoms with E-state index in [-0.39, 0.29) is 5.91 Å². The van der Waals surface area contributed by atoms with Gasteiger partial charge < -0.3 is 5.32 Å². The lowest BCUT2D eigenvalue weighted by Gasteiger charge is -2.01. The van der Waals surface area contributed by atoms with Crippen molar-refractivity contribution in [1.29, 1.82) is 0 Å². The Labute approximate surface area is 128 Å². The van der Waals surface area contributed by atoms with Crippen LogP contribution in [0.1, 0.15) is 10.5 Å². The molecule has 0 saturated carbocycles. The maximum absolute atomic E-state index is 12.1. The van der Waals surface area contributed by atoms with Gasteiger partial charge in [-0.05, 0) is 24.3 Å². The van der Waals surface area contributed by atoms with Crippen LogP contribution in [0.4, 0.5) is 5.69 Å². The molecule has 3 aromatic rings. The van der Waals surface area contributed by atoms with E-state index in [1.165, 1.54) is 22.7 Å². The minimum absolute atomic E-state index is 0.235. The Hall–Kier alpha value is -1.76. The third-order valence-electron chi connectivity index (χ3n) is 2.46. The number of hydrogen-bond donors (Lipinski definition) is 1. The van der Waals surface area contributed by atoms with Gasteiger partial charge in [-0.25, -0.2) is 4.98 Å². The fraction of sp³-hybridized carbons (Fsp3) is 0. The van der Waals surface area contributed by atoms with E-state index in [1.807, 2.05) is 12.1 Å². The second-order valence-electron chi connectivity index (χ2n) is 3.83. The predicted molar refractivity (Wildman–Crippen MR) is 82.6 cm³/mol. The van der Waals surface area contributed by atoms with Crippen LogP contribution in [0.25, 0.3) is 9.88 Å².